The van der Waals surface area contributed by atoms with E-state index < -0.39 is 0 Å². The molecule has 0 radical (unpaired) electrons. The lowest BCUT2D eigenvalue weighted by molar-refractivity contribution is 0.216. The van der Waals surface area contributed by atoms with Crippen molar-refractivity contribution in [2.24, 2.45) is 5.41 Å². The number of hydrogen-bond donors (Lipinski definition) is 2. The second-order valence-corrected chi connectivity index (χ2v) is 6.02. The summed E-state index contributed by atoms with van der Waals surface area (Å²) in [5.41, 5.74) is 0.364. The summed E-state index contributed by atoms with van der Waals surface area (Å²) in [6.45, 7) is 11.3. The fourth-order valence-electron chi connectivity index (χ4n) is 2.31. The van der Waals surface area contributed by atoms with E-state index in [1.165, 1.54) is 25.7 Å². The summed E-state index contributed by atoms with van der Waals surface area (Å²) in [7, 11) is 0. The van der Waals surface area contributed by atoms with Crippen LogP contribution in [0.2, 0.25) is 0 Å². The Balaban J connectivity index is 2.07. The Labute approximate surface area is 111 Å². The highest BCUT2D eigenvalue weighted by molar-refractivity contribution is 5.76. The first-order chi connectivity index (χ1) is 8.55. The zero-order valence-electron chi connectivity index (χ0n) is 12.2. The predicted octanol–water partition coefficient (Wildman–Crippen LogP) is 2.21. The van der Waals surface area contributed by atoms with Crippen molar-refractivity contribution in [3.05, 3.63) is 0 Å². The predicted molar refractivity (Wildman–Crippen MR) is 75.8 cm³/mol. The zero-order valence-corrected chi connectivity index (χ0v) is 12.2. The summed E-state index contributed by atoms with van der Waals surface area (Å²) in [5, 5.41) is 6.30. The highest BCUT2D eigenvalue weighted by Gasteiger charge is 2.19. The Bertz CT molecular complexity index is 253. The molecule has 0 aromatic carbocycles. The number of nitrogens with zero attached hydrogens (tertiary/aromatic N) is 1. The van der Waals surface area contributed by atoms with Crippen LogP contribution in [0.15, 0.2) is 0 Å². The molecule has 1 aliphatic heterocycles. The summed E-state index contributed by atoms with van der Waals surface area (Å²) in [6, 6.07) is 0.0824. The summed E-state index contributed by atoms with van der Waals surface area (Å²) in [6.07, 6.45) is 5.21. The molecule has 1 saturated heterocycles. The summed E-state index contributed by atoms with van der Waals surface area (Å²) in [4.78, 5) is 13.2. The van der Waals surface area contributed by atoms with Gasteiger partial charge in [0, 0.05) is 32.7 Å². The first-order valence-corrected chi connectivity index (χ1v) is 7.29. The molecular formula is C14H29N3O. The minimum Gasteiger partial charge on any atom is -0.336 e. The van der Waals surface area contributed by atoms with E-state index in [9.17, 15) is 4.79 Å². The molecule has 1 heterocycles. The molecule has 0 bridgehead atoms. The van der Waals surface area contributed by atoms with E-state index in [1.807, 2.05) is 4.90 Å². The lowest BCUT2D eigenvalue weighted by atomic mass is 9.87. The van der Waals surface area contributed by atoms with Crippen LogP contribution < -0.4 is 10.6 Å². The number of rotatable bonds is 9. The highest BCUT2D eigenvalue weighted by atomic mass is 16.2. The summed E-state index contributed by atoms with van der Waals surface area (Å²) >= 11 is 0. The number of hydrogen-bond acceptors (Lipinski definition) is 2. The maximum atomic E-state index is 11.3. The molecule has 0 saturated carbocycles. The first kappa shape index (κ1) is 15.3. The van der Waals surface area contributed by atoms with Crippen molar-refractivity contribution >= 4 is 6.03 Å². The molecule has 1 rings (SSSR count). The Morgan fingerprint density at radius 1 is 1.39 bits per heavy atom. The van der Waals surface area contributed by atoms with Crippen LogP contribution in [0.4, 0.5) is 4.79 Å². The fraction of sp³-hybridized carbons (Fsp3) is 0.929. The van der Waals surface area contributed by atoms with E-state index in [4.69, 9.17) is 0 Å². The minimum atomic E-state index is 0.0824. The normalized spacial score (nSPS) is 16.2. The number of amides is 2. The van der Waals surface area contributed by atoms with Gasteiger partial charge in [-0.05, 0) is 11.8 Å². The van der Waals surface area contributed by atoms with Crippen LogP contribution in [0.25, 0.3) is 0 Å². The number of carbonyl (C=O) groups excluding carboxylic acids is 1. The fourth-order valence-corrected chi connectivity index (χ4v) is 2.31. The molecule has 0 aromatic heterocycles. The lowest BCUT2D eigenvalue weighted by Crippen LogP contribution is -2.37. The van der Waals surface area contributed by atoms with Gasteiger partial charge >= 0.3 is 6.03 Å². The molecule has 0 aromatic rings. The Hall–Kier alpha value is -0.770. The molecule has 106 valence electrons. The average Bonchev–Trinajstić information content (AvgIpc) is 2.71. The number of carbonyl (C=O) groups is 1. The van der Waals surface area contributed by atoms with Gasteiger partial charge in [0.15, 0.2) is 0 Å². The monoisotopic (exact) mass is 255 g/mol. The molecule has 0 atom stereocenters. The third kappa shape index (κ3) is 5.71. The van der Waals surface area contributed by atoms with Crippen molar-refractivity contribution in [3.8, 4) is 0 Å². The zero-order chi connectivity index (χ0) is 13.4. The smallest absolute Gasteiger partial charge is 0.317 e. The van der Waals surface area contributed by atoms with Gasteiger partial charge in [0.05, 0.1) is 0 Å². The second kappa shape index (κ2) is 7.62. The molecule has 4 nitrogen and oxygen atoms in total. The van der Waals surface area contributed by atoms with Gasteiger partial charge in [-0.2, -0.15) is 0 Å². The molecule has 0 spiro atoms. The Morgan fingerprint density at radius 3 is 2.78 bits per heavy atom. The van der Waals surface area contributed by atoms with Gasteiger partial charge in [0.1, 0.15) is 0 Å². The maximum absolute atomic E-state index is 11.3. The van der Waals surface area contributed by atoms with Gasteiger partial charge in [-0.3, -0.25) is 0 Å². The van der Waals surface area contributed by atoms with Crippen LogP contribution in [-0.4, -0.2) is 43.7 Å². The van der Waals surface area contributed by atoms with Crippen LogP contribution in [0, 0.1) is 5.41 Å². The molecule has 2 amide bonds. The molecule has 2 N–H and O–H groups in total. The van der Waals surface area contributed by atoms with E-state index in [1.54, 1.807) is 0 Å². The van der Waals surface area contributed by atoms with Crippen molar-refractivity contribution in [3.63, 3.8) is 0 Å². The van der Waals surface area contributed by atoms with Gasteiger partial charge in [-0.15, -0.1) is 0 Å². The largest absolute Gasteiger partial charge is 0.336 e. The van der Waals surface area contributed by atoms with Gasteiger partial charge in [-0.25, -0.2) is 4.79 Å². The quantitative estimate of drug-likeness (QED) is 0.620. The first-order valence-electron chi connectivity index (χ1n) is 7.29. The summed E-state index contributed by atoms with van der Waals surface area (Å²) in [5.74, 6) is 0. The lowest BCUT2D eigenvalue weighted by Gasteiger charge is -2.25. The van der Waals surface area contributed by atoms with Gasteiger partial charge in [0.25, 0.3) is 0 Å². The van der Waals surface area contributed by atoms with Gasteiger partial charge in [0.2, 0.25) is 0 Å². The topological polar surface area (TPSA) is 44.4 Å². The Kier molecular flexibility index (Phi) is 6.47. The van der Waals surface area contributed by atoms with E-state index in [0.29, 0.717) is 5.41 Å². The second-order valence-electron chi connectivity index (χ2n) is 6.02. The number of unbranched alkanes of at least 4 members (excludes halogenated alkanes) is 2. The SMILES string of the molecule is CCCCCC(C)(C)CNCCN1CCNC1=O. The van der Waals surface area contributed by atoms with Crippen LogP contribution in [-0.2, 0) is 0 Å². The van der Waals surface area contributed by atoms with Crippen LogP contribution in [0.1, 0.15) is 46.5 Å². The van der Waals surface area contributed by atoms with E-state index >= 15 is 0 Å². The van der Waals surface area contributed by atoms with E-state index in [2.05, 4.69) is 31.4 Å². The van der Waals surface area contributed by atoms with Crippen molar-refractivity contribution in [2.75, 3.05) is 32.7 Å². The molecule has 4 heteroatoms. The minimum absolute atomic E-state index is 0.0824. The Morgan fingerprint density at radius 2 is 2.17 bits per heavy atom. The third-order valence-electron chi connectivity index (χ3n) is 3.56. The van der Waals surface area contributed by atoms with Crippen LogP contribution in [0.5, 0.6) is 0 Å². The van der Waals surface area contributed by atoms with Gasteiger partial charge in [-0.1, -0.05) is 40.0 Å². The molecule has 18 heavy (non-hydrogen) atoms. The molecular weight excluding hydrogens is 226 g/mol. The van der Waals surface area contributed by atoms with E-state index in [-0.39, 0.29) is 6.03 Å². The van der Waals surface area contributed by atoms with Crippen molar-refractivity contribution < 1.29 is 4.79 Å². The van der Waals surface area contributed by atoms with Gasteiger partial charge < -0.3 is 15.5 Å². The molecule has 1 aliphatic rings. The van der Waals surface area contributed by atoms with E-state index in [0.717, 1.165) is 32.7 Å². The maximum Gasteiger partial charge on any atom is 0.317 e. The average molecular weight is 255 g/mol. The van der Waals surface area contributed by atoms with Crippen molar-refractivity contribution in [1.29, 1.82) is 0 Å². The van der Waals surface area contributed by atoms with Crippen molar-refractivity contribution in [1.82, 2.24) is 15.5 Å². The summed E-state index contributed by atoms with van der Waals surface area (Å²) < 4.78 is 0. The highest BCUT2D eigenvalue weighted by Crippen LogP contribution is 2.22. The number of urea groups is 1. The molecule has 0 aliphatic carbocycles. The number of nitrogens with one attached hydrogen (secondary N) is 2. The third-order valence-corrected chi connectivity index (χ3v) is 3.56. The van der Waals surface area contributed by atoms with Crippen LogP contribution in [0.3, 0.4) is 0 Å². The molecule has 0 unspecified atom stereocenters. The standard InChI is InChI=1S/C14H29N3O/c1-4-5-6-7-14(2,3)12-15-8-10-17-11-9-16-13(17)18/h15H,4-12H2,1-3H3,(H,16,18). The molecule has 1 fully saturated rings. The van der Waals surface area contributed by atoms with Crippen molar-refractivity contribution in [2.45, 2.75) is 46.5 Å². The van der Waals surface area contributed by atoms with Crippen LogP contribution >= 0.6 is 0 Å².